The van der Waals surface area contributed by atoms with E-state index in [-0.39, 0.29) is 37.6 Å². The Morgan fingerprint density at radius 1 is 1.05 bits per heavy atom. The summed E-state index contributed by atoms with van der Waals surface area (Å²) in [5.41, 5.74) is 0.653. The molecule has 0 radical (unpaired) electrons. The lowest BCUT2D eigenvalue weighted by Crippen LogP contribution is -2.33. The van der Waals surface area contributed by atoms with Gasteiger partial charge in [-0.25, -0.2) is 13.8 Å². The van der Waals surface area contributed by atoms with Gasteiger partial charge in [0.15, 0.2) is 0 Å². The molecule has 0 saturated heterocycles. The minimum absolute atomic E-state index is 0.0286. The number of hydrogen-bond donors (Lipinski definition) is 4. The van der Waals surface area contributed by atoms with Crippen molar-refractivity contribution in [3.05, 3.63) is 98.2 Å². The Balaban J connectivity index is 1.60. The zero-order valence-electron chi connectivity index (χ0n) is 20.8. The van der Waals surface area contributed by atoms with Gasteiger partial charge >= 0.3 is 5.69 Å². The molecule has 0 fully saturated rings. The van der Waals surface area contributed by atoms with Gasteiger partial charge in [-0.15, -0.1) is 0 Å². The van der Waals surface area contributed by atoms with Crippen molar-refractivity contribution >= 4 is 34.2 Å². The van der Waals surface area contributed by atoms with Gasteiger partial charge in [-0.3, -0.25) is 4.79 Å². The number of anilines is 1. The van der Waals surface area contributed by atoms with Gasteiger partial charge in [-0.2, -0.15) is 0 Å². The number of imidazole rings is 1. The number of H-pyrrole nitrogens is 1. The van der Waals surface area contributed by atoms with E-state index in [1.165, 1.54) is 12.1 Å². The maximum atomic E-state index is 14.5. The molecule has 4 N–H and O–H groups in total. The predicted octanol–water partition coefficient (Wildman–Crippen LogP) is 4.10. The van der Waals surface area contributed by atoms with Gasteiger partial charge in [0.05, 0.1) is 25.5 Å². The van der Waals surface area contributed by atoms with Crippen LogP contribution in [0.3, 0.4) is 0 Å². The molecular formula is C28H27FIN3O6. The van der Waals surface area contributed by atoms with Crippen molar-refractivity contribution in [2.45, 2.75) is 12.5 Å². The lowest BCUT2D eigenvalue weighted by molar-refractivity contribution is -0.119. The molecule has 4 aromatic rings. The third-order valence-corrected chi connectivity index (χ3v) is 6.52. The first-order valence-electron chi connectivity index (χ1n) is 12.1. The Hall–Kier alpha value is -3.68. The largest absolute Gasteiger partial charge is 0.493 e. The van der Waals surface area contributed by atoms with Gasteiger partial charge in [-0.1, -0.05) is 30.3 Å². The number of aliphatic hydroxyl groups excluding tert-OH is 1. The maximum Gasteiger partial charge on any atom is 0.329 e. The molecule has 9 nitrogen and oxygen atoms in total. The SMILES string of the molecule is O=C(Nc1ccc(I)cc1F)[C@H](Cc1ccccc1)n1c(O)c(-c2ccc(OCCOCCO)cc2)[nH]c1=O. The molecule has 0 bridgehead atoms. The second-order valence-corrected chi connectivity index (χ2v) is 9.77. The molecule has 1 aromatic heterocycles. The molecule has 1 amide bonds. The highest BCUT2D eigenvalue weighted by molar-refractivity contribution is 14.1. The Morgan fingerprint density at radius 2 is 1.79 bits per heavy atom. The van der Waals surface area contributed by atoms with Crippen LogP contribution in [0.15, 0.2) is 77.6 Å². The zero-order chi connectivity index (χ0) is 27.8. The number of hydrogen-bond acceptors (Lipinski definition) is 6. The van der Waals surface area contributed by atoms with Crippen LogP contribution in [0.1, 0.15) is 11.6 Å². The number of nitrogens with one attached hydrogen (secondary N) is 2. The number of carbonyl (C=O) groups excluding carboxylic acids is 1. The van der Waals surface area contributed by atoms with E-state index >= 15 is 0 Å². The number of aliphatic hydroxyl groups is 1. The highest BCUT2D eigenvalue weighted by Crippen LogP contribution is 2.31. The molecule has 0 unspecified atom stereocenters. The van der Waals surface area contributed by atoms with E-state index in [4.69, 9.17) is 14.6 Å². The summed E-state index contributed by atoms with van der Waals surface area (Å²) in [6, 6.07) is 18.9. The third-order valence-electron chi connectivity index (χ3n) is 5.85. The topological polar surface area (TPSA) is 126 Å². The molecule has 3 aromatic carbocycles. The van der Waals surface area contributed by atoms with Crippen LogP contribution in [0.25, 0.3) is 11.3 Å². The van der Waals surface area contributed by atoms with E-state index < -0.39 is 29.3 Å². The molecule has 11 heteroatoms. The molecule has 0 saturated carbocycles. The van der Waals surface area contributed by atoms with Crippen LogP contribution in [0.2, 0.25) is 0 Å². The smallest absolute Gasteiger partial charge is 0.329 e. The molecule has 204 valence electrons. The molecule has 0 aliphatic heterocycles. The number of carbonyl (C=O) groups is 1. The summed E-state index contributed by atoms with van der Waals surface area (Å²) in [6.07, 6.45) is 0.0779. The standard InChI is InChI=1S/C28H27FIN3O6/c29-22-17-20(30)8-11-23(22)31-26(35)24(16-18-4-2-1-3-5-18)33-27(36)25(32-28(33)37)19-6-9-21(10-7-19)39-15-14-38-13-12-34/h1-11,17,24,34,36H,12-16H2,(H,31,35)(H,32,37)/t24-/m0/s1. The predicted molar refractivity (Wildman–Crippen MR) is 152 cm³/mol. The second kappa shape index (κ2) is 13.4. The fourth-order valence-electron chi connectivity index (χ4n) is 3.98. The summed E-state index contributed by atoms with van der Waals surface area (Å²) in [5, 5.41) is 22.4. The quantitative estimate of drug-likeness (QED) is 0.136. The summed E-state index contributed by atoms with van der Waals surface area (Å²) in [5.74, 6) is -1.14. The Labute approximate surface area is 237 Å². The Morgan fingerprint density at radius 3 is 2.49 bits per heavy atom. The maximum absolute atomic E-state index is 14.5. The van der Waals surface area contributed by atoms with Gasteiger partial charge < -0.3 is 30.0 Å². The summed E-state index contributed by atoms with van der Waals surface area (Å²) in [7, 11) is 0. The molecule has 0 spiro atoms. The van der Waals surface area contributed by atoms with E-state index in [1.807, 2.05) is 28.7 Å². The fraction of sp³-hybridized carbons (Fsp3) is 0.214. The average molecular weight is 647 g/mol. The number of halogens is 2. The number of ether oxygens (including phenoxy) is 2. The summed E-state index contributed by atoms with van der Waals surface area (Å²) in [4.78, 5) is 29.1. The first kappa shape index (κ1) is 28.3. The molecule has 39 heavy (non-hydrogen) atoms. The van der Waals surface area contributed by atoms with E-state index in [0.29, 0.717) is 21.5 Å². The molecule has 1 atom stereocenters. The normalized spacial score (nSPS) is 11.8. The van der Waals surface area contributed by atoms with Crippen LogP contribution in [0.5, 0.6) is 11.6 Å². The average Bonchev–Trinajstić information content (AvgIpc) is 3.23. The van der Waals surface area contributed by atoms with Crippen molar-refractivity contribution < 1.29 is 28.9 Å². The van der Waals surface area contributed by atoms with Crippen LogP contribution in [0, 0.1) is 9.39 Å². The summed E-state index contributed by atoms with van der Waals surface area (Å²) < 4.78 is 26.9. The fourth-order valence-corrected chi connectivity index (χ4v) is 4.43. The monoisotopic (exact) mass is 647 g/mol. The van der Waals surface area contributed by atoms with Crippen LogP contribution in [0.4, 0.5) is 10.1 Å². The van der Waals surface area contributed by atoms with E-state index in [1.54, 1.807) is 54.6 Å². The van der Waals surface area contributed by atoms with Crippen molar-refractivity contribution in [3.63, 3.8) is 0 Å². The van der Waals surface area contributed by atoms with Gasteiger partial charge in [-0.05, 0) is 70.6 Å². The third kappa shape index (κ3) is 7.25. The minimum atomic E-state index is -1.18. The number of amides is 1. The van der Waals surface area contributed by atoms with Crippen LogP contribution in [-0.4, -0.2) is 52.1 Å². The Kier molecular flexibility index (Phi) is 9.74. The van der Waals surface area contributed by atoms with Crippen molar-refractivity contribution in [1.82, 2.24) is 9.55 Å². The highest BCUT2D eigenvalue weighted by Gasteiger charge is 2.28. The Bertz CT molecular complexity index is 1460. The number of aromatic nitrogens is 2. The first-order valence-corrected chi connectivity index (χ1v) is 13.2. The van der Waals surface area contributed by atoms with Crippen LogP contribution >= 0.6 is 22.6 Å². The van der Waals surface area contributed by atoms with E-state index in [9.17, 15) is 19.1 Å². The number of aromatic hydroxyl groups is 1. The molecule has 1 heterocycles. The lowest BCUT2D eigenvalue weighted by Gasteiger charge is -2.19. The van der Waals surface area contributed by atoms with Crippen LogP contribution < -0.4 is 15.7 Å². The van der Waals surface area contributed by atoms with Gasteiger partial charge in [0, 0.05) is 15.6 Å². The van der Waals surface area contributed by atoms with Gasteiger partial charge in [0.2, 0.25) is 11.8 Å². The van der Waals surface area contributed by atoms with Crippen molar-refractivity contribution in [3.8, 4) is 22.9 Å². The van der Waals surface area contributed by atoms with E-state index in [0.717, 1.165) is 10.1 Å². The van der Waals surface area contributed by atoms with Crippen molar-refractivity contribution in [1.29, 1.82) is 0 Å². The van der Waals surface area contributed by atoms with Crippen molar-refractivity contribution in [2.24, 2.45) is 0 Å². The zero-order valence-corrected chi connectivity index (χ0v) is 22.9. The molecule has 0 aliphatic carbocycles. The second-order valence-electron chi connectivity index (χ2n) is 8.53. The van der Waals surface area contributed by atoms with Gasteiger partial charge in [0.25, 0.3) is 0 Å². The number of benzene rings is 3. The molecular weight excluding hydrogens is 620 g/mol. The summed E-state index contributed by atoms with van der Waals surface area (Å²) >= 11 is 1.97. The van der Waals surface area contributed by atoms with Crippen molar-refractivity contribution in [2.75, 3.05) is 31.7 Å². The van der Waals surface area contributed by atoms with Gasteiger partial charge in [0.1, 0.15) is 29.9 Å². The minimum Gasteiger partial charge on any atom is -0.493 e. The number of aromatic amines is 1. The number of nitrogens with zero attached hydrogens (tertiary/aromatic N) is 1. The molecule has 4 rings (SSSR count). The molecule has 0 aliphatic rings. The highest BCUT2D eigenvalue weighted by atomic mass is 127. The lowest BCUT2D eigenvalue weighted by atomic mass is 10.0. The van der Waals surface area contributed by atoms with Crippen LogP contribution in [-0.2, 0) is 16.0 Å². The number of rotatable bonds is 12. The van der Waals surface area contributed by atoms with E-state index in [2.05, 4.69) is 10.3 Å². The summed E-state index contributed by atoms with van der Waals surface area (Å²) in [6.45, 7) is 0.771. The first-order chi connectivity index (χ1) is 18.9.